The van der Waals surface area contributed by atoms with Crippen molar-refractivity contribution in [2.24, 2.45) is 0 Å². The van der Waals surface area contributed by atoms with Crippen molar-refractivity contribution in [3.8, 4) is 0 Å². The smallest absolute Gasteiger partial charge is 0.264 e. The Hall–Kier alpha value is -4.01. The summed E-state index contributed by atoms with van der Waals surface area (Å²) in [6, 6.07) is 9.85. The molecule has 0 radical (unpaired) electrons. The van der Waals surface area contributed by atoms with E-state index in [2.05, 4.69) is 10.6 Å². The fraction of sp³-hybridized carbons (Fsp3) is 0.150. The first-order chi connectivity index (χ1) is 13.9. The van der Waals surface area contributed by atoms with E-state index in [1.165, 1.54) is 24.3 Å². The van der Waals surface area contributed by atoms with Gasteiger partial charge in [0.1, 0.15) is 6.04 Å². The molecule has 2 heterocycles. The largest absolute Gasteiger partial charge is 0.398 e. The zero-order valence-electron chi connectivity index (χ0n) is 15.1. The number of benzene rings is 2. The molecule has 0 spiro atoms. The van der Waals surface area contributed by atoms with Crippen molar-refractivity contribution in [1.82, 2.24) is 10.2 Å². The highest BCUT2D eigenvalue weighted by atomic mass is 16.2. The van der Waals surface area contributed by atoms with Crippen LogP contribution in [0.25, 0.3) is 0 Å². The molecule has 1 saturated heterocycles. The van der Waals surface area contributed by atoms with Crippen LogP contribution in [0.15, 0.2) is 42.5 Å². The van der Waals surface area contributed by atoms with Crippen LogP contribution >= 0.6 is 0 Å². The molecule has 9 nitrogen and oxygen atoms in total. The first kappa shape index (κ1) is 18.4. The molecule has 0 aromatic heterocycles. The number of amides is 5. The van der Waals surface area contributed by atoms with Gasteiger partial charge in [0.15, 0.2) is 0 Å². The molecule has 2 aromatic rings. The molecule has 1 unspecified atom stereocenters. The topological polar surface area (TPSA) is 139 Å². The molecule has 4 rings (SSSR count). The minimum absolute atomic E-state index is 0.00468. The number of nitrogens with one attached hydrogen (secondary N) is 2. The Morgan fingerprint density at radius 1 is 1.03 bits per heavy atom. The minimum atomic E-state index is -1.08. The van der Waals surface area contributed by atoms with Crippen LogP contribution in [0.5, 0.6) is 0 Å². The number of nitrogen functional groups attached to an aromatic ring is 1. The lowest BCUT2D eigenvalue weighted by molar-refractivity contribution is -0.136. The van der Waals surface area contributed by atoms with E-state index in [9.17, 15) is 24.0 Å². The second-order valence-corrected chi connectivity index (χ2v) is 6.72. The SMILES string of the molecule is Nc1ccccc1C(=O)Nc1cccc2c1C(=O)N(C1CCC(=O)NC1=O)C2=O. The maximum Gasteiger partial charge on any atom is 0.264 e. The van der Waals surface area contributed by atoms with Gasteiger partial charge in [-0.15, -0.1) is 0 Å². The van der Waals surface area contributed by atoms with Crippen LogP contribution in [0.4, 0.5) is 11.4 Å². The van der Waals surface area contributed by atoms with Crippen molar-refractivity contribution in [2.45, 2.75) is 18.9 Å². The summed E-state index contributed by atoms with van der Waals surface area (Å²) in [7, 11) is 0. The molecule has 0 saturated carbocycles. The highest BCUT2D eigenvalue weighted by Crippen LogP contribution is 2.32. The van der Waals surface area contributed by atoms with Crippen LogP contribution in [-0.2, 0) is 9.59 Å². The predicted molar refractivity (Wildman–Crippen MR) is 102 cm³/mol. The van der Waals surface area contributed by atoms with Crippen molar-refractivity contribution < 1.29 is 24.0 Å². The lowest BCUT2D eigenvalue weighted by atomic mass is 10.0. The predicted octanol–water partition coefficient (Wildman–Crippen LogP) is 0.922. The van der Waals surface area contributed by atoms with Gasteiger partial charge in [-0.1, -0.05) is 18.2 Å². The van der Waals surface area contributed by atoms with Crippen LogP contribution in [0.2, 0.25) is 0 Å². The van der Waals surface area contributed by atoms with E-state index in [0.717, 1.165) is 4.90 Å². The van der Waals surface area contributed by atoms with Crippen LogP contribution in [0, 0.1) is 0 Å². The number of rotatable bonds is 3. The number of piperidine rings is 1. The maximum absolute atomic E-state index is 13.0. The number of imide groups is 2. The van der Waals surface area contributed by atoms with Gasteiger partial charge in [0.25, 0.3) is 17.7 Å². The lowest BCUT2D eigenvalue weighted by Gasteiger charge is -2.27. The zero-order valence-corrected chi connectivity index (χ0v) is 15.1. The van der Waals surface area contributed by atoms with Gasteiger partial charge in [-0.25, -0.2) is 0 Å². The third kappa shape index (κ3) is 3.02. The fourth-order valence-corrected chi connectivity index (χ4v) is 3.51. The molecule has 29 heavy (non-hydrogen) atoms. The molecule has 0 bridgehead atoms. The summed E-state index contributed by atoms with van der Waals surface area (Å²) < 4.78 is 0. The van der Waals surface area contributed by atoms with Crippen molar-refractivity contribution >= 4 is 40.9 Å². The quantitative estimate of drug-likeness (QED) is 0.524. The zero-order chi connectivity index (χ0) is 20.7. The second-order valence-electron chi connectivity index (χ2n) is 6.72. The highest BCUT2D eigenvalue weighted by molar-refractivity contribution is 6.26. The third-order valence-electron chi connectivity index (χ3n) is 4.92. The minimum Gasteiger partial charge on any atom is -0.398 e. The average molecular weight is 392 g/mol. The molecule has 1 fully saturated rings. The van der Waals surface area contributed by atoms with Crippen molar-refractivity contribution in [2.75, 3.05) is 11.1 Å². The molecule has 2 aliphatic rings. The molecule has 146 valence electrons. The van der Waals surface area contributed by atoms with E-state index in [0.29, 0.717) is 0 Å². The summed E-state index contributed by atoms with van der Waals surface area (Å²) in [5, 5.41) is 4.76. The Labute approximate surface area is 164 Å². The second kappa shape index (κ2) is 6.86. The van der Waals surface area contributed by atoms with Gasteiger partial charge >= 0.3 is 0 Å². The molecule has 0 aliphatic carbocycles. The van der Waals surface area contributed by atoms with Crippen molar-refractivity contribution in [1.29, 1.82) is 0 Å². The van der Waals surface area contributed by atoms with Gasteiger partial charge in [-0.2, -0.15) is 0 Å². The number of nitrogens with zero attached hydrogens (tertiary/aromatic N) is 1. The van der Waals surface area contributed by atoms with Gasteiger partial charge in [-0.05, 0) is 30.7 Å². The average Bonchev–Trinajstić information content (AvgIpc) is 2.94. The Balaban J connectivity index is 1.66. The third-order valence-corrected chi connectivity index (χ3v) is 4.92. The van der Waals surface area contributed by atoms with Crippen LogP contribution in [-0.4, -0.2) is 40.5 Å². The molecule has 9 heteroatoms. The molecular weight excluding hydrogens is 376 g/mol. The first-order valence-electron chi connectivity index (χ1n) is 8.89. The maximum atomic E-state index is 13.0. The molecule has 1 atom stereocenters. The summed E-state index contributed by atoms with van der Waals surface area (Å²) in [4.78, 5) is 62.8. The van der Waals surface area contributed by atoms with Gasteiger partial charge in [0.2, 0.25) is 11.8 Å². The van der Waals surface area contributed by atoms with E-state index in [1.54, 1.807) is 18.2 Å². The first-order valence-corrected chi connectivity index (χ1v) is 8.89. The summed E-state index contributed by atoms with van der Waals surface area (Å²) in [5.74, 6) is -3.02. The van der Waals surface area contributed by atoms with Crippen molar-refractivity contribution in [3.05, 3.63) is 59.2 Å². The van der Waals surface area contributed by atoms with Gasteiger partial charge < -0.3 is 11.1 Å². The fourth-order valence-electron chi connectivity index (χ4n) is 3.51. The van der Waals surface area contributed by atoms with E-state index >= 15 is 0 Å². The normalized spacial score (nSPS) is 18.5. The number of fused-ring (bicyclic) bond motifs is 1. The van der Waals surface area contributed by atoms with Crippen LogP contribution in [0.1, 0.15) is 43.9 Å². The van der Waals surface area contributed by atoms with E-state index in [4.69, 9.17) is 5.73 Å². The Morgan fingerprint density at radius 2 is 1.79 bits per heavy atom. The Kier molecular flexibility index (Phi) is 4.34. The van der Waals surface area contributed by atoms with Crippen LogP contribution in [0.3, 0.4) is 0 Å². The van der Waals surface area contributed by atoms with Crippen molar-refractivity contribution in [3.63, 3.8) is 0 Å². The number of hydrogen-bond donors (Lipinski definition) is 3. The van der Waals surface area contributed by atoms with Gasteiger partial charge in [-0.3, -0.25) is 34.2 Å². The number of carbonyl (C=O) groups is 5. The number of nitrogens with two attached hydrogens (primary N) is 1. The van der Waals surface area contributed by atoms with Gasteiger partial charge in [0.05, 0.1) is 22.4 Å². The van der Waals surface area contributed by atoms with Gasteiger partial charge in [0, 0.05) is 12.1 Å². The van der Waals surface area contributed by atoms with E-state index < -0.39 is 35.6 Å². The van der Waals surface area contributed by atoms with E-state index in [1.807, 2.05) is 0 Å². The van der Waals surface area contributed by atoms with Crippen LogP contribution < -0.4 is 16.4 Å². The number of anilines is 2. The number of hydrogen-bond acceptors (Lipinski definition) is 6. The number of carbonyl (C=O) groups excluding carboxylic acids is 5. The molecule has 4 N–H and O–H groups in total. The summed E-state index contributed by atoms with van der Waals surface area (Å²) in [6.07, 6.45) is 0.0824. The summed E-state index contributed by atoms with van der Waals surface area (Å²) in [5.41, 5.74) is 6.54. The monoisotopic (exact) mass is 392 g/mol. The Bertz CT molecular complexity index is 1090. The molecule has 2 aliphatic heterocycles. The lowest BCUT2D eigenvalue weighted by Crippen LogP contribution is -2.54. The summed E-state index contributed by atoms with van der Waals surface area (Å²) >= 11 is 0. The highest BCUT2D eigenvalue weighted by Gasteiger charge is 2.45. The molecular formula is C20H16N4O5. The number of para-hydroxylation sites is 1. The molecule has 2 aromatic carbocycles. The van der Waals surface area contributed by atoms with E-state index in [-0.39, 0.29) is 40.9 Å². The summed E-state index contributed by atoms with van der Waals surface area (Å²) in [6.45, 7) is 0. The standard InChI is InChI=1S/C20H16N4O5/c21-12-6-2-1-4-10(12)17(26)22-13-7-3-5-11-16(13)20(29)24(19(11)28)14-8-9-15(25)23-18(14)27/h1-7,14H,8-9,21H2,(H,22,26)(H,23,25,27). The Morgan fingerprint density at radius 3 is 2.52 bits per heavy atom. The molecule has 5 amide bonds.